The van der Waals surface area contributed by atoms with Crippen LogP contribution in [0.4, 0.5) is 0 Å². The average Bonchev–Trinajstić information content (AvgIpc) is 3.67. The number of cyclic esters (lactones) is 2. The molecule has 3 aromatic rings. The molecule has 16 heteroatoms. The second kappa shape index (κ2) is 23.4. The van der Waals surface area contributed by atoms with Gasteiger partial charge in [0.05, 0.1) is 23.2 Å². The Morgan fingerprint density at radius 1 is 1.03 bits per heavy atom. The van der Waals surface area contributed by atoms with Crippen LogP contribution in [0.5, 0.6) is 5.75 Å². The normalized spacial score (nSPS) is 20.9. The van der Waals surface area contributed by atoms with Crippen LogP contribution in [-0.4, -0.2) is 93.7 Å². The number of hydrogen-bond donors (Lipinski definition) is 3. The number of carbonyl (C=O) groups is 5. The van der Waals surface area contributed by atoms with Crippen LogP contribution >= 0.6 is 11.6 Å². The molecule has 6 atom stereocenters. The molecule has 1 unspecified atom stereocenters. The predicted molar refractivity (Wildman–Crippen MR) is 239 cm³/mol. The maximum absolute atomic E-state index is 14.0. The Kier molecular flexibility index (Phi) is 18.7. The Bertz CT molecular complexity index is 2050. The summed E-state index contributed by atoms with van der Waals surface area (Å²) in [5.74, 6) is -2.87. The Morgan fingerprint density at radius 2 is 1.73 bits per heavy atom. The molecule has 1 aromatic heterocycles. The highest BCUT2D eigenvalue weighted by Gasteiger charge is 2.38. The third kappa shape index (κ3) is 15.5. The fraction of sp³-hybridized carbons (Fsp3) is 0.553. The Balaban J connectivity index is 1.51. The molecule has 2 amide bonds. The summed E-state index contributed by atoms with van der Waals surface area (Å²) in [5, 5.41) is 23.2. The van der Waals surface area contributed by atoms with Gasteiger partial charge in [-0.1, -0.05) is 87.8 Å². The van der Waals surface area contributed by atoms with E-state index in [2.05, 4.69) is 64.0 Å². The van der Waals surface area contributed by atoms with E-state index in [-0.39, 0.29) is 55.9 Å². The Hall–Kier alpha value is -5.28. The van der Waals surface area contributed by atoms with Gasteiger partial charge >= 0.3 is 17.9 Å². The van der Waals surface area contributed by atoms with Crippen LogP contribution in [0.15, 0.2) is 60.8 Å². The highest BCUT2D eigenvalue weighted by molar-refractivity contribution is 6.32. The topological polar surface area (TPSA) is 191 Å². The van der Waals surface area contributed by atoms with Gasteiger partial charge < -0.3 is 30.0 Å². The second-order valence-corrected chi connectivity index (χ2v) is 18.3. The monoisotopic (exact) mass is 892 g/mol. The van der Waals surface area contributed by atoms with Gasteiger partial charge in [-0.2, -0.15) is 0 Å². The van der Waals surface area contributed by atoms with Crippen LogP contribution in [0, 0.1) is 23.2 Å². The number of amides is 2. The van der Waals surface area contributed by atoms with E-state index in [4.69, 9.17) is 30.9 Å². The zero-order valence-corrected chi connectivity index (χ0v) is 38.8. The fourth-order valence-corrected chi connectivity index (χ4v) is 7.68. The highest BCUT2D eigenvalue weighted by Crippen LogP contribution is 2.34. The SMILES string of the molecule is COc1ccc(C[C@H]2NC(=O)/C=C/C[C@@H](C(C)[C@@H](C)[C@H](C)c3ccc(CN(C)Cc4cn(CCCC(=O)O)nn4)cc3)OC(=O)[C@H](CC(C)C)OC(=O)C(C)(C)CNC2=O)cc1Cl. The molecule has 4 rings (SSSR count). The van der Waals surface area contributed by atoms with E-state index < -0.39 is 53.4 Å². The van der Waals surface area contributed by atoms with Gasteiger partial charge in [0.25, 0.3) is 0 Å². The number of halogens is 1. The van der Waals surface area contributed by atoms with Crippen molar-refractivity contribution in [2.75, 3.05) is 20.7 Å². The number of esters is 2. The maximum Gasteiger partial charge on any atom is 0.347 e. The number of carbonyl (C=O) groups excluding carboxylic acids is 4. The molecule has 344 valence electrons. The number of aliphatic carboxylic acids is 1. The Morgan fingerprint density at radius 3 is 2.38 bits per heavy atom. The number of rotatable bonds is 17. The smallest absolute Gasteiger partial charge is 0.347 e. The second-order valence-electron chi connectivity index (χ2n) is 17.9. The van der Waals surface area contributed by atoms with Gasteiger partial charge in [-0.05, 0) is 92.3 Å². The van der Waals surface area contributed by atoms with Crippen molar-refractivity contribution in [1.29, 1.82) is 0 Å². The maximum atomic E-state index is 14.0. The van der Waals surface area contributed by atoms with Crippen LogP contribution in [0.3, 0.4) is 0 Å². The molecule has 3 N–H and O–H groups in total. The lowest BCUT2D eigenvalue weighted by Gasteiger charge is -2.33. The van der Waals surface area contributed by atoms with Crippen molar-refractivity contribution < 1.29 is 43.3 Å². The molecule has 1 aliphatic heterocycles. The van der Waals surface area contributed by atoms with E-state index in [9.17, 15) is 24.0 Å². The van der Waals surface area contributed by atoms with Crippen molar-refractivity contribution in [2.45, 2.75) is 124 Å². The third-order valence-electron chi connectivity index (χ3n) is 11.6. The summed E-state index contributed by atoms with van der Waals surface area (Å²) in [4.78, 5) is 67.6. The summed E-state index contributed by atoms with van der Waals surface area (Å²) in [6, 6.07) is 12.5. The number of nitrogens with zero attached hydrogens (tertiary/aromatic N) is 4. The molecule has 0 radical (unpaired) electrons. The summed E-state index contributed by atoms with van der Waals surface area (Å²) in [5.41, 5.74) is 2.47. The first-order chi connectivity index (χ1) is 29.8. The van der Waals surface area contributed by atoms with Gasteiger partial charge in [0.2, 0.25) is 11.8 Å². The quantitative estimate of drug-likeness (QED) is 0.125. The molecular formula is C47H65ClN6O9. The van der Waals surface area contributed by atoms with E-state index in [1.807, 2.05) is 34.0 Å². The van der Waals surface area contributed by atoms with Gasteiger partial charge in [0.15, 0.2) is 6.10 Å². The van der Waals surface area contributed by atoms with Crippen LogP contribution in [0.1, 0.15) is 102 Å². The molecule has 63 heavy (non-hydrogen) atoms. The van der Waals surface area contributed by atoms with Gasteiger partial charge in [0, 0.05) is 51.6 Å². The lowest BCUT2D eigenvalue weighted by Crippen LogP contribution is -2.51. The van der Waals surface area contributed by atoms with Crippen molar-refractivity contribution in [3.8, 4) is 5.75 Å². The fourth-order valence-electron chi connectivity index (χ4n) is 7.40. The summed E-state index contributed by atoms with van der Waals surface area (Å²) in [6.07, 6.45) is 4.09. The number of hydrogen-bond acceptors (Lipinski definition) is 11. The van der Waals surface area contributed by atoms with Crippen molar-refractivity contribution in [3.05, 3.63) is 88.2 Å². The minimum atomic E-state index is -1.23. The van der Waals surface area contributed by atoms with Crippen molar-refractivity contribution in [1.82, 2.24) is 30.5 Å². The molecular weight excluding hydrogens is 828 g/mol. The van der Waals surface area contributed by atoms with Gasteiger partial charge in [-0.15, -0.1) is 5.10 Å². The zero-order chi connectivity index (χ0) is 46.4. The number of benzene rings is 2. The number of nitrogens with one attached hydrogen (secondary N) is 2. The van der Waals surface area contributed by atoms with Crippen LogP contribution in [0.25, 0.3) is 0 Å². The van der Waals surface area contributed by atoms with Gasteiger partial charge in [-0.25, -0.2) is 4.79 Å². The summed E-state index contributed by atoms with van der Waals surface area (Å²) in [7, 11) is 3.50. The molecule has 0 fully saturated rings. The lowest BCUT2D eigenvalue weighted by molar-refractivity contribution is -0.179. The number of aryl methyl sites for hydroxylation is 1. The van der Waals surface area contributed by atoms with E-state index >= 15 is 0 Å². The standard InChI is InChI=1S/C47H65ClN6O9/c1-29(2)22-41-45(59)62-39(12-10-13-42(55)50-38(24-34-17-20-40(61-9)37(48)23-34)44(58)49-28-47(6,7)46(60)63-41)32(5)30(3)31(4)35-18-15-33(16-19-35)25-53(8)26-36-27-54(52-51-36)21-11-14-43(56)57/h10,13,15-20,23,27,29-32,38-39,41H,11-12,14,21-22,24-26,28H2,1-9H3,(H,49,58)(H,50,55)(H,56,57)/b13-10+/t30-,31-,32?,38+,39-,41-/m0/s1. The van der Waals surface area contributed by atoms with Crippen molar-refractivity contribution >= 4 is 41.3 Å². The van der Waals surface area contributed by atoms with Crippen LogP contribution in [0.2, 0.25) is 5.02 Å². The molecule has 0 aliphatic carbocycles. The largest absolute Gasteiger partial charge is 0.495 e. The first-order valence-corrected chi connectivity index (χ1v) is 22.0. The number of carboxylic acids is 1. The summed E-state index contributed by atoms with van der Waals surface area (Å²) < 4.78 is 19.1. The molecule has 0 saturated carbocycles. The summed E-state index contributed by atoms with van der Waals surface area (Å²) >= 11 is 6.38. The molecule has 1 aliphatic rings. The predicted octanol–water partition coefficient (Wildman–Crippen LogP) is 6.51. The Labute approximate surface area is 376 Å². The molecule has 0 spiro atoms. The number of methoxy groups -OCH3 is 1. The number of carboxylic acid groups (broad SMARTS) is 1. The number of aromatic nitrogens is 3. The number of ether oxygens (including phenoxy) is 3. The van der Waals surface area contributed by atoms with Crippen LogP contribution in [-0.2, 0) is 59.5 Å². The average molecular weight is 894 g/mol. The van der Waals surface area contributed by atoms with Gasteiger partial charge in [-0.3, -0.25) is 28.8 Å². The molecule has 2 heterocycles. The van der Waals surface area contributed by atoms with Crippen molar-refractivity contribution in [2.24, 2.45) is 23.2 Å². The minimum absolute atomic E-state index is 0.00307. The van der Waals surface area contributed by atoms with Crippen molar-refractivity contribution in [3.63, 3.8) is 0 Å². The minimum Gasteiger partial charge on any atom is -0.495 e. The highest BCUT2D eigenvalue weighted by atomic mass is 35.5. The van der Waals surface area contributed by atoms with E-state index in [1.165, 1.54) is 13.2 Å². The molecule has 0 bridgehead atoms. The first-order valence-electron chi connectivity index (χ1n) is 21.6. The van der Waals surface area contributed by atoms with E-state index in [0.29, 0.717) is 42.4 Å². The van der Waals surface area contributed by atoms with E-state index in [1.54, 1.807) is 42.8 Å². The zero-order valence-electron chi connectivity index (χ0n) is 38.1. The molecule has 2 aromatic carbocycles. The lowest BCUT2D eigenvalue weighted by atomic mass is 9.77. The van der Waals surface area contributed by atoms with E-state index in [0.717, 1.165) is 16.8 Å². The van der Waals surface area contributed by atoms with Crippen LogP contribution < -0.4 is 15.4 Å². The first kappa shape index (κ1) is 50.4. The summed E-state index contributed by atoms with van der Waals surface area (Å²) in [6.45, 7) is 15.0. The molecule has 15 nitrogen and oxygen atoms in total. The van der Waals surface area contributed by atoms with Gasteiger partial charge in [0.1, 0.15) is 17.9 Å². The molecule has 0 saturated heterocycles. The third-order valence-corrected chi connectivity index (χ3v) is 11.9.